The van der Waals surface area contributed by atoms with Gasteiger partial charge in [0.05, 0.1) is 11.9 Å². The molecule has 0 radical (unpaired) electrons. The van der Waals surface area contributed by atoms with Crippen molar-refractivity contribution in [2.24, 2.45) is 5.73 Å². The van der Waals surface area contributed by atoms with Gasteiger partial charge in [0.15, 0.2) is 5.96 Å². The minimum Gasteiger partial charge on any atom is -0.481 e. The number of nitrogens with one attached hydrogen (secondary N) is 2. The summed E-state index contributed by atoms with van der Waals surface area (Å²) >= 11 is 0. The van der Waals surface area contributed by atoms with Crippen LogP contribution in [0.2, 0.25) is 0 Å². The van der Waals surface area contributed by atoms with Crippen LogP contribution in [-0.4, -0.2) is 21.6 Å². The van der Waals surface area contributed by atoms with Crippen LogP contribution in [0.5, 0.6) is 0 Å². The Morgan fingerprint density at radius 1 is 1.21 bits per heavy atom. The van der Waals surface area contributed by atoms with Gasteiger partial charge in [-0.2, -0.15) is 0 Å². The molecule has 3 aromatic rings. The second-order valence-corrected chi connectivity index (χ2v) is 5.84. The summed E-state index contributed by atoms with van der Waals surface area (Å²) in [5.74, 6) is -0.934. The van der Waals surface area contributed by atoms with E-state index in [1.807, 2.05) is 36.4 Å². The van der Waals surface area contributed by atoms with Crippen molar-refractivity contribution in [3.8, 4) is 0 Å². The van der Waals surface area contributed by atoms with E-state index >= 15 is 0 Å². The normalized spacial score (nSPS) is 11.0. The van der Waals surface area contributed by atoms with Crippen LogP contribution in [0.3, 0.4) is 0 Å². The van der Waals surface area contributed by atoms with Crippen LogP contribution in [-0.2, 0) is 17.8 Å². The van der Waals surface area contributed by atoms with Crippen LogP contribution in [0.1, 0.15) is 18.9 Å². The number of carboxylic acids is 1. The number of nitrogens with zero attached hydrogens (tertiary/aromatic N) is 1. The van der Waals surface area contributed by atoms with Gasteiger partial charge in [0, 0.05) is 28.5 Å². The molecule has 0 atom stereocenters. The zero-order valence-electron chi connectivity index (χ0n) is 13.5. The van der Waals surface area contributed by atoms with Crippen LogP contribution in [0, 0.1) is 5.41 Å². The molecule has 0 bridgehead atoms. The molecule has 0 aliphatic carbocycles. The first-order chi connectivity index (χ1) is 11.5. The van der Waals surface area contributed by atoms with Gasteiger partial charge in [-0.3, -0.25) is 10.2 Å². The number of carbonyl (C=O) groups is 1. The van der Waals surface area contributed by atoms with Crippen LogP contribution in [0.4, 0.5) is 5.69 Å². The van der Waals surface area contributed by atoms with E-state index < -0.39 is 5.97 Å². The van der Waals surface area contributed by atoms with E-state index in [-0.39, 0.29) is 12.4 Å². The number of rotatable bonds is 5. The molecule has 2 aromatic carbocycles. The van der Waals surface area contributed by atoms with Crippen molar-refractivity contribution < 1.29 is 9.90 Å². The maximum atomic E-state index is 11.0. The lowest BCUT2D eigenvalue weighted by Gasteiger charge is -2.08. The summed E-state index contributed by atoms with van der Waals surface area (Å²) in [4.78, 5) is 11.0. The smallest absolute Gasteiger partial charge is 0.307 e. The third-order valence-electron chi connectivity index (χ3n) is 4.01. The number of fused-ring (bicyclic) bond motifs is 3. The Morgan fingerprint density at radius 2 is 1.88 bits per heavy atom. The van der Waals surface area contributed by atoms with Gasteiger partial charge in [0.25, 0.3) is 0 Å². The van der Waals surface area contributed by atoms with Gasteiger partial charge >= 0.3 is 5.97 Å². The Bertz CT molecular complexity index is 870. The SMILES string of the molecule is CCCn1c2cc(CC(=O)O)ccc2c2ccc(NC(=N)N)cc21. The first kappa shape index (κ1) is 15.9. The fraction of sp³-hybridized carbons (Fsp3) is 0.222. The van der Waals surface area contributed by atoms with Crippen molar-refractivity contribution in [1.82, 2.24) is 4.57 Å². The second-order valence-electron chi connectivity index (χ2n) is 5.84. The summed E-state index contributed by atoms with van der Waals surface area (Å²) in [6.07, 6.45) is 0.979. The molecular formula is C18H20N4O2. The highest BCUT2D eigenvalue weighted by Gasteiger charge is 2.12. The van der Waals surface area contributed by atoms with Crippen molar-refractivity contribution >= 4 is 39.4 Å². The predicted octanol–water partition coefficient (Wildman–Crippen LogP) is 3.14. The Kier molecular flexibility index (Phi) is 4.12. The third-order valence-corrected chi connectivity index (χ3v) is 4.01. The molecule has 1 heterocycles. The average molecular weight is 324 g/mol. The molecule has 6 heteroatoms. The minimum atomic E-state index is -0.833. The lowest BCUT2D eigenvalue weighted by molar-refractivity contribution is -0.136. The monoisotopic (exact) mass is 324 g/mol. The Labute approximate surface area is 139 Å². The second kappa shape index (κ2) is 6.23. The van der Waals surface area contributed by atoms with Gasteiger partial charge in [-0.25, -0.2) is 0 Å². The molecule has 0 saturated carbocycles. The maximum Gasteiger partial charge on any atom is 0.307 e. The first-order valence-corrected chi connectivity index (χ1v) is 7.87. The fourth-order valence-electron chi connectivity index (χ4n) is 3.12. The Hall–Kier alpha value is -3.02. The Balaban J connectivity index is 2.23. The molecule has 5 N–H and O–H groups in total. The molecular weight excluding hydrogens is 304 g/mol. The molecule has 3 rings (SSSR count). The summed E-state index contributed by atoms with van der Waals surface area (Å²) in [5, 5.41) is 21.4. The van der Waals surface area contributed by atoms with E-state index in [0.717, 1.165) is 46.0 Å². The molecule has 0 aliphatic rings. The molecule has 1 aromatic heterocycles. The Morgan fingerprint density at radius 3 is 2.50 bits per heavy atom. The molecule has 0 unspecified atom stereocenters. The van der Waals surface area contributed by atoms with Gasteiger partial charge in [0.2, 0.25) is 0 Å². The van der Waals surface area contributed by atoms with Crippen LogP contribution in [0.15, 0.2) is 36.4 Å². The highest BCUT2D eigenvalue weighted by atomic mass is 16.4. The fourth-order valence-corrected chi connectivity index (χ4v) is 3.12. The molecule has 0 amide bonds. The van der Waals surface area contributed by atoms with E-state index in [1.54, 1.807) is 0 Å². The number of anilines is 1. The number of guanidine groups is 1. The molecule has 0 spiro atoms. The molecule has 24 heavy (non-hydrogen) atoms. The van der Waals surface area contributed by atoms with Crippen molar-refractivity contribution in [1.29, 1.82) is 5.41 Å². The quantitative estimate of drug-likeness (QED) is 0.427. The largest absolute Gasteiger partial charge is 0.481 e. The van der Waals surface area contributed by atoms with E-state index in [0.29, 0.717) is 0 Å². The van der Waals surface area contributed by atoms with Crippen molar-refractivity contribution in [2.75, 3.05) is 5.32 Å². The molecule has 0 aliphatic heterocycles. The number of carboxylic acid groups (broad SMARTS) is 1. The zero-order valence-corrected chi connectivity index (χ0v) is 13.5. The predicted molar refractivity (Wildman–Crippen MR) is 96.6 cm³/mol. The minimum absolute atomic E-state index is 0.0146. The summed E-state index contributed by atoms with van der Waals surface area (Å²) in [6, 6.07) is 11.7. The summed E-state index contributed by atoms with van der Waals surface area (Å²) < 4.78 is 2.20. The molecule has 6 nitrogen and oxygen atoms in total. The van der Waals surface area contributed by atoms with E-state index in [2.05, 4.69) is 16.8 Å². The van der Waals surface area contributed by atoms with E-state index in [1.165, 1.54) is 0 Å². The number of aryl methyl sites for hydroxylation is 1. The highest BCUT2D eigenvalue weighted by molar-refractivity contribution is 6.09. The summed E-state index contributed by atoms with van der Waals surface area (Å²) in [7, 11) is 0. The van der Waals surface area contributed by atoms with Gasteiger partial charge in [-0.1, -0.05) is 25.1 Å². The van der Waals surface area contributed by atoms with Gasteiger partial charge in [-0.05, 0) is 30.2 Å². The van der Waals surface area contributed by atoms with Crippen LogP contribution >= 0.6 is 0 Å². The van der Waals surface area contributed by atoms with Crippen molar-refractivity contribution in [3.05, 3.63) is 42.0 Å². The summed E-state index contributed by atoms with van der Waals surface area (Å²) in [5.41, 5.74) is 9.05. The number of benzene rings is 2. The topological polar surface area (TPSA) is 104 Å². The number of aromatic nitrogens is 1. The first-order valence-electron chi connectivity index (χ1n) is 7.87. The van der Waals surface area contributed by atoms with Crippen LogP contribution in [0.25, 0.3) is 21.8 Å². The van der Waals surface area contributed by atoms with Crippen molar-refractivity contribution in [2.45, 2.75) is 26.3 Å². The number of aliphatic carboxylic acids is 1. The zero-order chi connectivity index (χ0) is 17.3. The lowest BCUT2D eigenvalue weighted by atomic mass is 10.1. The van der Waals surface area contributed by atoms with Gasteiger partial charge < -0.3 is 20.7 Å². The number of hydrogen-bond acceptors (Lipinski definition) is 2. The van der Waals surface area contributed by atoms with Gasteiger partial charge in [-0.15, -0.1) is 0 Å². The van der Waals surface area contributed by atoms with Gasteiger partial charge in [0.1, 0.15) is 0 Å². The number of hydrogen-bond donors (Lipinski definition) is 4. The van der Waals surface area contributed by atoms with Crippen LogP contribution < -0.4 is 11.1 Å². The maximum absolute atomic E-state index is 11.0. The molecule has 124 valence electrons. The standard InChI is InChI=1S/C18H20N4O2/c1-2-7-22-15-8-11(9-17(23)24)3-5-13(15)14-6-4-12(10-16(14)22)21-18(19)20/h3-6,8,10H,2,7,9H2,1H3,(H,23,24)(H4,19,20,21). The molecule has 0 saturated heterocycles. The van der Waals surface area contributed by atoms with E-state index in [9.17, 15) is 4.79 Å². The number of nitrogens with two attached hydrogens (primary N) is 1. The third kappa shape index (κ3) is 2.90. The highest BCUT2D eigenvalue weighted by Crippen LogP contribution is 2.32. The average Bonchev–Trinajstić information content (AvgIpc) is 2.80. The van der Waals surface area contributed by atoms with E-state index in [4.69, 9.17) is 16.2 Å². The lowest BCUT2D eigenvalue weighted by Crippen LogP contribution is -2.20. The van der Waals surface area contributed by atoms with Crippen molar-refractivity contribution in [3.63, 3.8) is 0 Å². The summed E-state index contributed by atoms with van der Waals surface area (Å²) in [6.45, 7) is 2.94. The molecule has 0 fully saturated rings.